The number of amides is 1. The summed E-state index contributed by atoms with van der Waals surface area (Å²) in [6, 6.07) is 31.7. The number of ether oxygens (including phenoxy) is 1. The monoisotopic (exact) mass is 548 g/mol. The van der Waals surface area contributed by atoms with E-state index in [1.54, 1.807) is 7.11 Å². The number of carbonyl (C=O) groups is 1. The highest BCUT2D eigenvalue weighted by molar-refractivity contribution is 7.99. The average molecular weight is 549 g/mol. The largest absolute Gasteiger partial charge is 0.497 e. The highest BCUT2D eigenvalue weighted by atomic mass is 32.2. The molecule has 3 aromatic carbocycles. The number of pyridine rings is 1. The van der Waals surface area contributed by atoms with Crippen molar-refractivity contribution in [1.82, 2.24) is 9.97 Å². The summed E-state index contributed by atoms with van der Waals surface area (Å²) < 4.78 is 5.21. The van der Waals surface area contributed by atoms with Gasteiger partial charge in [0.2, 0.25) is 5.91 Å². The normalized spacial score (nSPS) is 10.6. The molecule has 0 spiro atoms. The van der Waals surface area contributed by atoms with E-state index in [2.05, 4.69) is 16.4 Å². The number of nitriles is 1. The van der Waals surface area contributed by atoms with Gasteiger partial charge in [-0.1, -0.05) is 60.7 Å². The number of carbonyl (C=O) groups excluding carboxylic acids is 1. The minimum Gasteiger partial charge on any atom is -0.497 e. The van der Waals surface area contributed by atoms with Crippen LogP contribution < -0.4 is 10.1 Å². The van der Waals surface area contributed by atoms with E-state index < -0.39 is 0 Å². The molecular formula is C31H24N4O2S2. The molecule has 0 atom stereocenters. The maximum absolute atomic E-state index is 12.7. The van der Waals surface area contributed by atoms with Gasteiger partial charge in [0.1, 0.15) is 16.8 Å². The first-order valence-electron chi connectivity index (χ1n) is 12.2. The number of rotatable bonds is 9. The topological polar surface area (TPSA) is 87.9 Å². The second-order valence-electron chi connectivity index (χ2n) is 8.49. The van der Waals surface area contributed by atoms with Crippen molar-refractivity contribution in [3.8, 4) is 45.5 Å². The summed E-state index contributed by atoms with van der Waals surface area (Å²) >= 11 is 2.79. The highest BCUT2D eigenvalue weighted by Crippen LogP contribution is 2.34. The molecule has 0 unspecified atom stereocenters. The van der Waals surface area contributed by atoms with Gasteiger partial charge in [0.25, 0.3) is 0 Å². The fourth-order valence-electron chi connectivity index (χ4n) is 3.98. The van der Waals surface area contributed by atoms with E-state index in [0.29, 0.717) is 21.5 Å². The molecule has 2 heterocycles. The number of methoxy groups -OCH3 is 1. The number of hydrogen-bond acceptors (Lipinski definition) is 7. The Kier molecular flexibility index (Phi) is 8.32. The smallest absolute Gasteiger partial charge is 0.226 e. The van der Waals surface area contributed by atoms with Crippen LogP contribution in [0.1, 0.15) is 12.0 Å². The first kappa shape index (κ1) is 26.2. The molecule has 0 radical (unpaired) electrons. The van der Waals surface area contributed by atoms with Crippen molar-refractivity contribution in [2.24, 2.45) is 0 Å². The Balaban J connectivity index is 1.30. The molecule has 1 N–H and O–H groups in total. The molecule has 0 saturated heterocycles. The van der Waals surface area contributed by atoms with Crippen LogP contribution >= 0.6 is 23.1 Å². The number of benzene rings is 3. The minimum atomic E-state index is -0.140. The third-order valence-corrected chi connectivity index (χ3v) is 7.69. The van der Waals surface area contributed by atoms with Crippen LogP contribution in [0, 0.1) is 11.3 Å². The van der Waals surface area contributed by atoms with Crippen molar-refractivity contribution >= 4 is 34.1 Å². The number of thioether (sulfide) groups is 1. The molecule has 0 aliphatic rings. The van der Waals surface area contributed by atoms with Gasteiger partial charge in [-0.3, -0.25) is 4.79 Å². The van der Waals surface area contributed by atoms with Gasteiger partial charge in [0.15, 0.2) is 5.13 Å². The number of anilines is 1. The number of nitrogens with one attached hydrogen (secondary N) is 1. The predicted octanol–water partition coefficient (Wildman–Crippen LogP) is 7.54. The van der Waals surface area contributed by atoms with Crippen molar-refractivity contribution in [3.05, 3.63) is 102 Å². The van der Waals surface area contributed by atoms with Crippen LogP contribution in [-0.2, 0) is 4.79 Å². The van der Waals surface area contributed by atoms with Crippen molar-refractivity contribution < 1.29 is 9.53 Å². The third kappa shape index (κ3) is 6.34. The van der Waals surface area contributed by atoms with E-state index >= 15 is 0 Å². The number of thiazole rings is 1. The molecule has 0 fully saturated rings. The van der Waals surface area contributed by atoms with E-state index in [0.717, 1.165) is 39.4 Å². The number of aromatic nitrogens is 2. The molecule has 5 rings (SSSR count). The first-order chi connectivity index (χ1) is 19.1. The second-order valence-corrected chi connectivity index (χ2v) is 10.4. The van der Waals surface area contributed by atoms with Gasteiger partial charge in [-0.2, -0.15) is 5.26 Å². The van der Waals surface area contributed by atoms with Gasteiger partial charge in [0.05, 0.1) is 24.1 Å². The SMILES string of the molecule is COc1ccc(-c2csc(NC(=O)CCSc3nc(-c4ccccc4)cc(-c4ccccc4)c3C#N)n2)cc1. The van der Waals surface area contributed by atoms with E-state index in [-0.39, 0.29) is 12.3 Å². The van der Waals surface area contributed by atoms with E-state index in [1.807, 2.05) is 96.4 Å². The van der Waals surface area contributed by atoms with Gasteiger partial charge in [-0.05, 0) is 35.9 Å². The summed E-state index contributed by atoms with van der Waals surface area (Å²) in [7, 11) is 1.63. The molecule has 5 aromatic rings. The quantitative estimate of drug-likeness (QED) is 0.191. The second kappa shape index (κ2) is 12.4. The molecule has 0 aliphatic carbocycles. The molecule has 192 valence electrons. The van der Waals surface area contributed by atoms with Gasteiger partial charge >= 0.3 is 0 Å². The Morgan fingerprint density at radius 2 is 1.59 bits per heavy atom. The highest BCUT2D eigenvalue weighted by Gasteiger charge is 2.16. The van der Waals surface area contributed by atoms with Crippen molar-refractivity contribution in [2.45, 2.75) is 11.4 Å². The Morgan fingerprint density at radius 3 is 2.26 bits per heavy atom. The van der Waals surface area contributed by atoms with Crippen molar-refractivity contribution in [3.63, 3.8) is 0 Å². The standard InChI is InChI=1S/C31H24N4O2S2/c1-37-24-14-12-23(13-15-24)28-20-39-31(34-28)35-29(36)16-17-38-30-26(19-32)25(21-8-4-2-5-9-21)18-27(33-30)22-10-6-3-7-11-22/h2-15,18,20H,16-17H2,1H3,(H,34,35,36). The lowest BCUT2D eigenvalue weighted by molar-refractivity contribution is -0.115. The molecule has 0 saturated carbocycles. The molecular weight excluding hydrogens is 525 g/mol. The maximum atomic E-state index is 12.7. The van der Waals surface area contributed by atoms with E-state index in [4.69, 9.17) is 9.72 Å². The Hall–Kier alpha value is -4.45. The zero-order chi connectivity index (χ0) is 27.0. The van der Waals surface area contributed by atoms with Crippen LogP contribution in [-0.4, -0.2) is 28.7 Å². The summed E-state index contributed by atoms with van der Waals surface area (Å²) in [6.07, 6.45) is 0.255. The molecule has 2 aromatic heterocycles. The average Bonchev–Trinajstić information content (AvgIpc) is 3.46. The van der Waals surface area contributed by atoms with Crippen LogP contribution in [0.4, 0.5) is 5.13 Å². The first-order valence-corrected chi connectivity index (χ1v) is 14.1. The maximum Gasteiger partial charge on any atom is 0.226 e. The van der Waals surface area contributed by atoms with Crippen LogP contribution in [0.15, 0.2) is 101 Å². The van der Waals surface area contributed by atoms with Crippen LogP contribution in [0.2, 0.25) is 0 Å². The lowest BCUT2D eigenvalue weighted by Gasteiger charge is -2.12. The molecule has 8 heteroatoms. The van der Waals surface area contributed by atoms with E-state index in [9.17, 15) is 10.1 Å². The van der Waals surface area contributed by atoms with Gasteiger partial charge in [-0.15, -0.1) is 23.1 Å². The summed E-state index contributed by atoms with van der Waals surface area (Å²) in [4.78, 5) is 22.1. The summed E-state index contributed by atoms with van der Waals surface area (Å²) in [5.41, 5.74) is 5.78. The Bertz CT molecular complexity index is 1610. The summed E-state index contributed by atoms with van der Waals surface area (Å²) in [5, 5.41) is 16.0. The van der Waals surface area contributed by atoms with Crippen LogP contribution in [0.25, 0.3) is 33.6 Å². The number of nitrogens with zero attached hydrogens (tertiary/aromatic N) is 3. The van der Waals surface area contributed by atoms with Crippen molar-refractivity contribution in [2.75, 3.05) is 18.2 Å². The summed E-state index contributed by atoms with van der Waals surface area (Å²) in [6.45, 7) is 0. The zero-order valence-corrected chi connectivity index (χ0v) is 22.8. The van der Waals surface area contributed by atoms with Crippen LogP contribution in [0.3, 0.4) is 0 Å². The fraction of sp³-hybridized carbons (Fsp3) is 0.0968. The molecule has 0 aliphatic heterocycles. The van der Waals surface area contributed by atoms with Crippen molar-refractivity contribution in [1.29, 1.82) is 5.26 Å². The lowest BCUT2D eigenvalue weighted by atomic mass is 9.99. The predicted molar refractivity (Wildman–Crippen MR) is 158 cm³/mol. The lowest BCUT2D eigenvalue weighted by Crippen LogP contribution is -2.12. The molecule has 39 heavy (non-hydrogen) atoms. The van der Waals surface area contributed by atoms with Gasteiger partial charge in [-0.25, -0.2) is 9.97 Å². The Labute approximate surface area is 235 Å². The van der Waals surface area contributed by atoms with Crippen LogP contribution in [0.5, 0.6) is 5.75 Å². The third-order valence-electron chi connectivity index (χ3n) is 5.96. The molecule has 6 nitrogen and oxygen atoms in total. The van der Waals surface area contributed by atoms with Gasteiger partial charge < -0.3 is 10.1 Å². The number of hydrogen-bond donors (Lipinski definition) is 1. The summed E-state index contributed by atoms with van der Waals surface area (Å²) in [5.74, 6) is 1.11. The zero-order valence-electron chi connectivity index (χ0n) is 21.1. The molecule has 0 bridgehead atoms. The van der Waals surface area contributed by atoms with Gasteiger partial charge in [0, 0.05) is 34.2 Å². The Morgan fingerprint density at radius 1 is 0.923 bits per heavy atom. The minimum absolute atomic E-state index is 0.140. The fourth-order valence-corrected chi connectivity index (χ4v) is 5.66. The molecule has 1 amide bonds. The van der Waals surface area contributed by atoms with E-state index in [1.165, 1.54) is 23.1 Å².